The summed E-state index contributed by atoms with van der Waals surface area (Å²) in [6.07, 6.45) is 2.14. The lowest BCUT2D eigenvalue weighted by Gasteiger charge is -2.14. The van der Waals surface area contributed by atoms with Crippen molar-refractivity contribution in [2.24, 2.45) is 0 Å². The number of nitrogens with zero attached hydrogens (tertiary/aromatic N) is 1. The van der Waals surface area contributed by atoms with Gasteiger partial charge in [-0.2, -0.15) is 0 Å². The lowest BCUT2D eigenvalue weighted by atomic mass is 10.1. The Morgan fingerprint density at radius 3 is 2.95 bits per heavy atom. The van der Waals surface area contributed by atoms with E-state index in [1.54, 1.807) is 18.4 Å². The monoisotopic (exact) mass is 293 g/mol. The predicted molar refractivity (Wildman–Crippen MR) is 78.7 cm³/mol. The van der Waals surface area contributed by atoms with Gasteiger partial charge in [0.25, 0.3) is 5.91 Å². The van der Waals surface area contributed by atoms with Gasteiger partial charge in [-0.15, -0.1) is 11.3 Å². The van der Waals surface area contributed by atoms with E-state index in [0.717, 1.165) is 6.42 Å². The van der Waals surface area contributed by atoms with Crippen molar-refractivity contribution in [3.8, 4) is 0 Å². The van der Waals surface area contributed by atoms with Crippen LogP contribution in [0, 0.1) is 5.82 Å². The Labute approximate surface area is 121 Å². The minimum atomic E-state index is -0.629. The number of rotatable bonds is 5. The van der Waals surface area contributed by atoms with Crippen molar-refractivity contribution in [1.29, 1.82) is 0 Å². The van der Waals surface area contributed by atoms with Crippen LogP contribution in [-0.2, 0) is 6.42 Å². The predicted octanol–water partition coefficient (Wildman–Crippen LogP) is 2.68. The number of carbonyl (C=O) groups excluding carboxylic acids is 1. The summed E-state index contributed by atoms with van der Waals surface area (Å²) in [6.45, 7) is 1.90. The van der Waals surface area contributed by atoms with Crippen LogP contribution in [0.1, 0.15) is 22.2 Å². The van der Waals surface area contributed by atoms with E-state index in [4.69, 9.17) is 0 Å². The van der Waals surface area contributed by atoms with Crippen molar-refractivity contribution in [2.75, 3.05) is 12.4 Å². The summed E-state index contributed by atoms with van der Waals surface area (Å²) in [5.74, 6) is -0.982. The summed E-state index contributed by atoms with van der Waals surface area (Å²) < 4.78 is 14.0. The van der Waals surface area contributed by atoms with E-state index in [9.17, 15) is 9.18 Å². The van der Waals surface area contributed by atoms with Gasteiger partial charge in [0, 0.05) is 30.6 Å². The fourth-order valence-electron chi connectivity index (χ4n) is 1.88. The highest BCUT2D eigenvalue weighted by molar-refractivity contribution is 7.09. The van der Waals surface area contributed by atoms with Crippen LogP contribution in [0.15, 0.2) is 29.8 Å². The van der Waals surface area contributed by atoms with E-state index >= 15 is 0 Å². The highest BCUT2D eigenvalue weighted by Gasteiger charge is 2.17. The number of aromatic nitrogens is 1. The van der Waals surface area contributed by atoms with Gasteiger partial charge in [0.2, 0.25) is 0 Å². The molecule has 1 atom stereocenters. The van der Waals surface area contributed by atoms with E-state index < -0.39 is 11.7 Å². The quantitative estimate of drug-likeness (QED) is 0.891. The van der Waals surface area contributed by atoms with Gasteiger partial charge in [0.15, 0.2) is 11.6 Å². The van der Waals surface area contributed by atoms with Crippen LogP contribution in [0.25, 0.3) is 0 Å². The Kier molecular flexibility index (Phi) is 4.68. The van der Waals surface area contributed by atoms with Crippen molar-refractivity contribution < 1.29 is 9.18 Å². The van der Waals surface area contributed by atoms with Gasteiger partial charge in [-0.3, -0.25) is 4.79 Å². The molecule has 2 rings (SSSR count). The molecule has 0 saturated heterocycles. The van der Waals surface area contributed by atoms with Crippen LogP contribution in [0.2, 0.25) is 0 Å². The smallest absolute Gasteiger partial charge is 0.254 e. The molecule has 2 N–H and O–H groups in total. The maximum absolute atomic E-state index is 14.0. The molecule has 0 spiro atoms. The van der Waals surface area contributed by atoms with Gasteiger partial charge < -0.3 is 10.6 Å². The Hall–Kier alpha value is -1.95. The zero-order valence-electron chi connectivity index (χ0n) is 11.3. The van der Waals surface area contributed by atoms with Crippen molar-refractivity contribution in [1.82, 2.24) is 10.3 Å². The fourth-order valence-corrected chi connectivity index (χ4v) is 2.71. The number of amides is 1. The van der Waals surface area contributed by atoms with Crippen LogP contribution in [0.5, 0.6) is 0 Å². The van der Waals surface area contributed by atoms with Crippen LogP contribution >= 0.6 is 11.3 Å². The number of anilines is 1. The first-order chi connectivity index (χ1) is 9.61. The number of carbonyl (C=O) groups is 1. The van der Waals surface area contributed by atoms with E-state index in [-0.39, 0.29) is 17.4 Å². The first-order valence-electron chi connectivity index (χ1n) is 6.27. The van der Waals surface area contributed by atoms with Gasteiger partial charge in [-0.1, -0.05) is 6.07 Å². The molecule has 0 aliphatic heterocycles. The van der Waals surface area contributed by atoms with Gasteiger partial charge in [-0.25, -0.2) is 9.37 Å². The molecular weight excluding hydrogens is 277 g/mol. The summed E-state index contributed by atoms with van der Waals surface area (Å²) in [5.41, 5.74) is 0.00220. The Morgan fingerprint density at radius 2 is 2.30 bits per heavy atom. The molecule has 0 radical (unpaired) electrons. The van der Waals surface area contributed by atoms with Crippen LogP contribution in [0.4, 0.5) is 10.2 Å². The number of hydrogen-bond donors (Lipinski definition) is 2. The zero-order valence-corrected chi connectivity index (χ0v) is 12.1. The van der Waals surface area contributed by atoms with Crippen molar-refractivity contribution in [3.63, 3.8) is 0 Å². The first kappa shape index (κ1) is 14.5. The molecule has 2 heterocycles. The molecule has 4 nitrogen and oxygen atoms in total. The summed E-state index contributed by atoms with van der Waals surface area (Å²) in [6, 6.07) is 5.30. The standard InChI is InChI=1S/C14H16FN3OS/c1-9(8-10-4-3-7-20-10)18-14(19)11-5-6-17-13(16-2)12(11)15/h3-7,9H,8H2,1-2H3,(H,16,17)(H,18,19). The normalized spacial score (nSPS) is 11.9. The summed E-state index contributed by atoms with van der Waals surface area (Å²) >= 11 is 1.64. The van der Waals surface area contributed by atoms with E-state index in [1.807, 2.05) is 24.4 Å². The maximum atomic E-state index is 14.0. The SMILES string of the molecule is CNc1nccc(C(=O)NC(C)Cc2cccs2)c1F. The average Bonchev–Trinajstić information content (AvgIpc) is 2.91. The zero-order chi connectivity index (χ0) is 14.5. The van der Waals surface area contributed by atoms with Crippen molar-refractivity contribution in [3.05, 3.63) is 46.0 Å². The molecule has 106 valence electrons. The molecule has 0 aliphatic rings. The topological polar surface area (TPSA) is 54.0 Å². The summed E-state index contributed by atoms with van der Waals surface area (Å²) in [5, 5.41) is 7.41. The van der Waals surface area contributed by atoms with Crippen LogP contribution in [0.3, 0.4) is 0 Å². The second kappa shape index (κ2) is 6.47. The Balaban J connectivity index is 2.04. The third-order valence-corrected chi connectivity index (χ3v) is 3.73. The third-order valence-electron chi connectivity index (χ3n) is 2.84. The molecule has 0 aromatic carbocycles. The number of thiophene rings is 1. The Bertz CT molecular complexity index is 586. The lowest BCUT2D eigenvalue weighted by Crippen LogP contribution is -2.34. The van der Waals surface area contributed by atoms with E-state index in [2.05, 4.69) is 15.6 Å². The number of halogens is 1. The van der Waals surface area contributed by atoms with E-state index in [0.29, 0.717) is 0 Å². The van der Waals surface area contributed by atoms with E-state index in [1.165, 1.54) is 17.1 Å². The fraction of sp³-hybridized carbons (Fsp3) is 0.286. The molecule has 2 aromatic rings. The summed E-state index contributed by atoms with van der Waals surface area (Å²) in [4.78, 5) is 17.1. The molecular formula is C14H16FN3OS. The van der Waals surface area contributed by atoms with Gasteiger partial charge in [0.05, 0.1) is 5.56 Å². The maximum Gasteiger partial charge on any atom is 0.254 e. The molecule has 0 saturated carbocycles. The molecule has 0 bridgehead atoms. The molecule has 6 heteroatoms. The summed E-state index contributed by atoms with van der Waals surface area (Å²) in [7, 11) is 1.56. The molecule has 1 unspecified atom stereocenters. The molecule has 2 aromatic heterocycles. The number of hydrogen-bond acceptors (Lipinski definition) is 4. The van der Waals surface area contributed by atoms with Crippen LogP contribution in [-0.4, -0.2) is 24.0 Å². The molecule has 20 heavy (non-hydrogen) atoms. The minimum absolute atomic E-state index is 0.00220. The molecule has 0 aliphatic carbocycles. The number of nitrogens with one attached hydrogen (secondary N) is 2. The highest BCUT2D eigenvalue weighted by Crippen LogP contribution is 2.15. The molecule has 0 fully saturated rings. The van der Waals surface area contributed by atoms with Crippen LogP contribution < -0.4 is 10.6 Å². The average molecular weight is 293 g/mol. The third kappa shape index (κ3) is 3.33. The van der Waals surface area contributed by atoms with Crippen molar-refractivity contribution in [2.45, 2.75) is 19.4 Å². The largest absolute Gasteiger partial charge is 0.371 e. The lowest BCUT2D eigenvalue weighted by molar-refractivity contribution is 0.0936. The Morgan fingerprint density at radius 1 is 1.50 bits per heavy atom. The number of pyridine rings is 1. The second-order valence-corrected chi connectivity index (χ2v) is 5.46. The molecule has 1 amide bonds. The van der Waals surface area contributed by atoms with Gasteiger partial charge >= 0.3 is 0 Å². The minimum Gasteiger partial charge on any atom is -0.371 e. The van der Waals surface area contributed by atoms with Gasteiger partial charge in [0.1, 0.15) is 0 Å². The van der Waals surface area contributed by atoms with Gasteiger partial charge in [-0.05, 0) is 24.4 Å². The van der Waals surface area contributed by atoms with Crippen molar-refractivity contribution >= 4 is 23.1 Å². The highest BCUT2D eigenvalue weighted by atomic mass is 32.1. The second-order valence-electron chi connectivity index (χ2n) is 4.43. The first-order valence-corrected chi connectivity index (χ1v) is 7.15.